The highest BCUT2D eigenvalue weighted by Crippen LogP contribution is 2.11. The van der Waals surface area contributed by atoms with Gasteiger partial charge in [-0.15, -0.1) is 0 Å². The number of pyridine rings is 3. The lowest BCUT2D eigenvalue weighted by atomic mass is 10.1. The van der Waals surface area contributed by atoms with Gasteiger partial charge in [-0.05, 0) is 55.2 Å². The monoisotopic (exact) mass is 321 g/mol. The van der Waals surface area contributed by atoms with Crippen molar-refractivity contribution in [1.82, 2.24) is 14.5 Å². The van der Waals surface area contributed by atoms with E-state index in [4.69, 9.17) is 0 Å². The van der Waals surface area contributed by atoms with Crippen LogP contribution >= 0.6 is 0 Å². The van der Waals surface area contributed by atoms with E-state index in [1.807, 2.05) is 30.6 Å². The summed E-state index contributed by atoms with van der Waals surface area (Å²) in [7, 11) is 0. The van der Waals surface area contributed by atoms with Gasteiger partial charge in [-0.25, -0.2) is 4.98 Å². The highest BCUT2D eigenvalue weighted by atomic mass is 16.1. The van der Waals surface area contributed by atoms with Gasteiger partial charge in [0.05, 0.1) is 0 Å². The van der Waals surface area contributed by atoms with E-state index in [1.54, 1.807) is 16.8 Å². The molecule has 0 spiro atoms. The minimum Gasteiger partial charge on any atom is -0.293 e. The maximum Gasteiger partial charge on any atom is 0.252 e. The lowest BCUT2D eigenvalue weighted by Gasteiger charge is -2.08. The molecule has 0 aliphatic heterocycles. The molecule has 3 aromatic rings. The number of fused-ring (bicyclic) bond motifs is 1. The number of rotatable bonds is 8. The van der Waals surface area contributed by atoms with E-state index in [0.29, 0.717) is 0 Å². The highest BCUT2D eigenvalue weighted by Gasteiger charge is 2.03. The average molecular weight is 321 g/mol. The number of nitrogens with zero attached hydrogens (tertiary/aromatic N) is 3. The van der Waals surface area contributed by atoms with Gasteiger partial charge in [0.2, 0.25) is 0 Å². The molecule has 0 aliphatic rings. The first-order chi connectivity index (χ1) is 11.8. The molecule has 124 valence electrons. The zero-order chi connectivity index (χ0) is 16.6. The van der Waals surface area contributed by atoms with Crippen LogP contribution in [0.2, 0.25) is 0 Å². The van der Waals surface area contributed by atoms with Crippen molar-refractivity contribution < 1.29 is 0 Å². The van der Waals surface area contributed by atoms with Gasteiger partial charge in [0.15, 0.2) is 0 Å². The maximum atomic E-state index is 12.1. The number of hydrogen-bond donors (Lipinski definition) is 0. The number of aromatic nitrogens is 3. The van der Waals surface area contributed by atoms with E-state index in [-0.39, 0.29) is 5.56 Å². The molecule has 3 heterocycles. The Morgan fingerprint density at radius 1 is 0.833 bits per heavy atom. The van der Waals surface area contributed by atoms with Crippen LogP contribution in [0, 0.1) is 0 Å². The van der Waals surface area contributed by atoms with Crippen LogP contribution in [0.5, 0.6) is 0 Å². The molecule has 0 bridgehead atoms. The summed E-state index contributed by atoms with van der Waals surface area (Å²) in [6.07, 6.45) is 12.4. The summed E-state index contributed by atoms with van der Waals surface area (Å²) >= 11 is 0. The molecule has 0 unspecified atom stereocenters. The Morgan fingerprint density at radius 2 is 1.62 bits per heavy atom. The summed E-state index contributed by atoms with van der Waals surface area (Å²) in [4.78, 5) is 20.5. The molecule has 4 nitrogen and oxygen atoms in total. The second-order valence-corrected chi connectivity index (χ2v) is 6.11. The molecular formula is C20H23N3O. The van der Waals surface area contributed by atoms with Crippen molar-refractivity contribution in [2.45, 2.75) is 45.1 Å². The van der Waals surface area contributed by atoms with Crippen LogP contribution in [-0.2, 0) is 13.0 Å². The first-order valence-electron chi connectivity index (χ1n) is 8.68. The largest absolute Gasteiger partial charge is 0.293 e. The molecule has 0 atom stereocenters. The topological polar surface area (TPSA) is 47.8 Å². The van der Waals surface area contributed by atoms with Crippen LogP contribution in [0.3, 0.4) is 0 Å². The third-order valence-corrected chi connectivity index (χ3v) is 4.34. The predicted octanol–water partition coefficient (Wildman–Crippen LogP) is 3.98. The molecule has 0 aliphatic carbocycles. The van der Waals surface area contributed by atoms with Crippen LogP contribution in [-0.4, -0.2) is 14.5 Å². The fourth-order valence-corrected chi connectivity index (χ4v) is 3.02. The van der Waals surface area contributed by atoms with E-state index < -0.39 is 0 Å². The quantitative estimate of drug-likeness (QED) is 0.590. The van der Waals surface area contributed by atoms with Gasteiger partial charge in [0.25, 0.3) is 5.56 Å². The molecule has 0 saturated heterocycles. The van der Waals surface area contributed by atoms with Crippen molar-refractivity contribution in [3.8, 4) is 0 Å². The summed E-state index contributed by atoms with van der Waals surface area (Å²) in [5.41, 5.74) is 2.19. The fraction of sp³-hybridized carbons (Fsp3) is 0.350. The van der Waals surface area contributed by atoms with E-state index in [0.717, 1.165) is 36.8 Å². The molecule has 3 aromatic heterocycles. The Bertz CT molecular complexity index is 827. The van der Waals surface area contributed by atoms with Gasteiger partial charge in [-0.2, -0.15) is 0 Å². The Morgan fingerprint density at radius 3 is 2.50 bits per heavy atom. The lowest BCUT2D eigenvalue weighted by Crippen LogP contribution is -2.20. The normalized spacial score (nSPS) is 11.0. The zero-order valence-electron chi connectivity index (χ0n) is 13.9. The van der Waals surface area contributed by atoms with Crippen molar-refractivity contribution in [1.29, 1.82) is 0 Å². The van der Waals surface area contributed by atoms with Gasteiger partial charge in [-0.1, -0.05) is 19.3 Å². The summed E-state index contributed by atoms with van der Waals surface area (Å²) < 4.78 is 1.80. The number of hydrogen-bond acceptors (Lipinski definition) is 3. The van der Waals surface area contributed by atoms with Gasteiger partial charge >= 0.3 is 0 Å². The summed E-state index contributed by atoms with van der Waals surface area (Å²) in [5.74, 6) is 0. The standard InChI is InChI=1S/C20H23N3O/c24-19-10-9-18-8-6-13-22-20(18)23(19)16-5-3-1-2-4-7-17-11-14-21-15-12-17/h6,8-15H,1-5,7,16H2. The predicted molar refractivity (Wildman–Crippen MR) is 97.0 cm³/mol. The van der Waals surface area contributed by atoms with Crippen molar-refractivity contribution in [3.63, 3.8) is 0 Å². The molecule has 0 aromatic carbocycles. The van der Waals surface area contributed by atoms with Crippen LogP contribution in [0.1, 0.15) is 37.7 Å². The van der Waals surface area contributed by atoms with E-state index in [1.165, 1.54) is 24.8 Å². The Labute approximate surface area is 142 Å². The van der Waals surface area contributed by atoms with Crippen LogP contribution in [0.4, 0.5) is 0 Å². The fourth-order valence-electron chi connectivity index (χ4n) is 3.02. The van der Waals surface area contributed by atoms with Gasteiger partial charge in [0, 0.05) is 36.6 Å². The summed E-state index contributed by atoms with van der Waals surface area (Å²) in [6.45, 7) is 0.748. The minimum absolute atomic E-state index is 0.0406. The Hall–Kier alpha value is -2.49. The highest BCUT2D eigenvalue weighted by molar-refractivity contribution is 5.74. The van der Waals surface area contributed by atoms with E-state index >= 15 is 0 Å². The second-order valence-electron chi connectivity index (χ2n) is 6.11. The van der Waals surface area contributed by atoms with Crippen LogP contribution in [0.15, 0.2) is 59.8 Å². The SMILES string of the molecule is O=c1ccc2cccnc2n1CCCCCCCc1ccncc1. The molecule has 0 saturated carbocycles. The third kappa shape index (κ3) is 4.28. The number of unbranched alkanes of at least 4 members (excludes halogenated alkanes) is 4. The molecule has 4 heteroatoms. The van der Waals surface area contributed by atoms with Crippen LogP contribution < -0.4 is 5.56 Å². The van der Waals surface area contributed by atoms with Gasteiger partial charge < -0.3 is 0 Å². The maximum absolute atomic E-state index is 12.1. The molecule has 0 N–H and O–H groups in total. The molecule has 0 amide bonds. The first kappa shape index (κ1) is 16.4. The first-order valence-corrected chi connectivity index (χ1v) is 8.68. The minimum atomic E-state index is 0.0406. The van der Waals surface area contributed by atoms with Crippen LogP contribution in [0.25, 0.3) is 11.0 Å². The third-order valence-electron chi connectivity index (χ3n) is 4.34. The summed E-state index contributed by atoms with van der Waals surface area (Å²) in [6, 6.07) is 11.6. The average Bonchev–Trinajstić information content (AvgIpc) is 2.63. The lowest BCUT2D eigenvalue weighted by molar-refractivity contribution is 0.559. The Kier molecular flexibility index (Phi) is 5.72. The molecule has 0 radical (unpaired) electrons. The zero-order valence-corrected chi connectivity index (χ0v) is 13.9. The van der Waals surface area contributed by atoms with Crippen molar-refractivity contribution in [3.05, 3.63) is 70.9 Å². The smallest absolute Gasteiger partial charge is 0.252 e. The van der Waals surface area contributed by atoms with Gasteiger partial charge in [-0.3, -0.25) is 14.3 Å². The van der Waals surface area contributed by atoms with E-state index in [9.17, 15) is 4.79 Å². The van der Waals surface area contributed by atoms with Crippen molar-refractivity contribution in [2.24, 2.45) is 0 Å². The summed E-state index contributed by atoms with van der Waals surface area (Å²) in [5, 5.41) is 1.02. The van der Waals surface area contributed by atoms with Crippen molar-refractivity contribution >= 4 is 11.0 Å². The molecule has 0 fully saturated rings. The van der Waals surface area contributed by atoms with Gasteiger partial charge in [0.1, 0.15) is 5.65 Å². The second kappa shape index (κ2) is 8.39. The Balaban J connectivity index is 1.42. The van der Waals surface area contributed by atoms with Crippen molar-refractivity contribution in [2.75, 3.05) is 0 Å². The number of aryl methyl sites for hydroxylation is 2. The molecular weight excluding hydrogens is 298 g/mol. The molecule has 24 heavy (non-hydrogen) atoms. The van der Waals surface area contributed by atoms with E-state index in [2.05, 4.69) is 22.1 Å². The molecule has 3 rings (SSSR count).